The number of hydrogen-bond acceptors (Lipinski definition) is 3. The maximum Gasteiger partial charge on any atom is 0.230 e. The summed E-state index contributed by atoms with van der Waals surface area (Å²) in [6, 6.07) is 18.7. The molecule has 3 aromatic rings. The summed E-state index contributed by atoms with van der Waals surface area (Å²) in [5.41, 5.74) is 9.80. The van der Waals surface area contributed by atoms with E-state index in [-0.39, 0.29) is 11.2 Å². The maximum atomic E-state index is 11.2. The standard InChI is InChI=1S/C19H19N3OS/c1-13(18(20)23)24-19-21-12-17(22(19)2)16-10-8-15(9-11-16)14-6-4-3-5-7-14/h3-13H,1-2H3,(H2,20,23). The summed E-state index contributed by atoms with van der Waals surface area (Å²) >= 11 is 1.37. The van der Waals surface area contributed by atoms with Gasteiger partial charge in [0, 0.05) is 7.05 Å². The fourth-order valence-corrected chi connectivity index (χ4v) is 3.25. The van der Waals surface area contributed by atoms with Crippen LogP contribution in [-0.4, -0.2) is 20.7 Å². The highest BCUT2D eigenvalue weighted by Gasteiger charge is 2.16. The summed E-state index contributed by atoms with van der Waals surface area (Å²) in [5.74, 6) is -0.336. The number of primary amides is 1. The van der Waals surface area contributed by atoms with Crippen LogP contribution < -0.4 is 5.73 Å². The minimum absolute atomic E-state index is 0.306. The number of nitrogens with zero attached hydrogens (tertiary/aromatic N) is 2. The number of thioether (sulfide) groups is 1. The molecule has 4 nitrogen and oxygen atoms in total. The van der Waals surface area contributed by atoms with Gasteiger partial charge in [-0.25, -0.2) is 4.98 Å². The highest BCUT2D eigenvalue weighted by Crippen LogP contribution is 2.29. The molecule has 2 aromatic carbocycles. The molecular formula is C19H19N3OS. The van der Waals surface area contributed by atoms with Gasteiger partial charge in [0.15, 0.2) is 5.16 Å². The number of hydrogen-bond donors (Lipinski definition) is 1. The zero-order chi connectivity index (χ0) is 17.1. The van der Waals surface area contributed by atoms with Crippen LogP contribution in [-0.2, 0) is 11.8 Å². The third-order valence-electron chi connectivity index (χ3n) is 3.92. The SMILES string of the molecule is CC(Sc1ncc(-c2ccc(-c3ccccc3)cc2)n1C)C(N)=O. The summed E-state index contributed by atoms with van der Waals surface area (Å²) in [5, 5.41) is 0.475. The van der Waals surface area contributed by atoms with Crippen molar-refractivity contribution < 1.29 is 4.79 Å². The highest BCUT2D eigenvalue weighted by molar-refractivity contribution is 8.00. The molecule has 1 atom stereocenters. The van der Waals surface area contributed by atoms with Crippen molar-refractivity contribution in [2.24, 2.45) is 12.8 Å². The van der Waals surface area contributed by atoms with E-state index in [1.165, 1.54) is 22.9 Å². The summed E-state index contributed by atoms with van der Waals surface area (Å²) in [4.78, 5) is 15.6. The molecule has 0 saturated heterocycles. The van der Waals surface area contributed by atoms with Gasteiger partial charge in [-0.1, -0.05) is 66.4 Å². The van der Waals surface area contributed by atoms with Crippen molar-refractivity contribution in [1.82, 2.24) is 9.55 Å². The molecule has 5 heteroatoms. The van der Waals surface area contributed by atoms with Crippen LogP contribution in [0.1, 0.15) is 6.92 Å². The Kier molecular flexibility index (Phi) is 4.71. The summed E-state index contributed by atoms with van der Waals surface area (Å²) in [6.45, 7) is 1.79. The molecule has 0 aliphatic heterocycles. The minimum Gasteiger partial charge on any atom is -0.369 e. The lowest BCUT2D eigenvalue weighted by Crippen LogP contribution is -2.22. The molecular weight excluding hydrogens is 318 g/mol. The van der Waals surface area contributed by atoms with E-state index in [0.717, 1.165) is 16.4 Å². The number of benzene rings is 2. The Morgan fingerprint density at radius 1 is 1.04 bits per heavy atom. The second-order valence-electron chi connectivity index (χ2n) is 5.59. The van der Waals surface area contributed by atoms with Crippen molar-refractivity contribution >= 4 is 17.7 Å². The predicted octanol–water partition coefficient (Wildman–Crippen LogP) is 3.72. The normalized spacial score (nSPS) is 12.1. The van der Waals surface area contributed by atoms with Crippen LogP contribution in [0.2, 0.25) is 0 Å². The molecule has 0 aliphatic rings. The van der Waals surface area contributed by atoms with E-state index < -0.39 is 0 Å². The van der Waals surface area contributed by atoms with Crippen molar-refractivity contribution in [2.45, 2.75) is 17.3 Å². The molecule has 24 heavy (non-hydrogen) atoms. The Hall–Kier alpha value is -2.53. The molecule has 0 spiro atoms. The number of imidazole rings is 1. The van der Waals surface area contributed by atoms with Gasteiger partial charge in [-0.15, -0.1) is 0 Å². The topological polar surface area (TPSA) is 60.9 Å². The Bertz CT molecular complexity index is 841. The van der Waals surface area contributed by atoms with E-state index in [4.69, 9.17) is 5.73 Å². The molecule has 0 saturated carbocycles. The fraction of sp³-hybridized carbons (Fsp3) is 0.158. The average molecular weight is 337 g/mol. The molecule has 0 radical (unpaired) electrons. The highest BCUT2D eigenvalue weighted by atomic mass is 32.2. The van der Waals surface area contributed by atoms with Crippen LogP contribution >= 0.6 is 11.8 Å². The van der Waals surface area contributed by atoms with Crippen LogP contribution in [0.15, 0.2) is 66.0 Å². The van der Waals surface area contributed by atoms with Crippen molar-refractivity contribution in [1.29, 1.82) is 0 Å². The molecule has 0 fully saturated rings. The van der Waals surface area contributed by atoms with E-state index in [2.05, 4.69) is 41.4 Å². The van der Waals surface area contributed by atoms with E-state index in [1.54, 1.807) is 6.92 Å². The van der Waals surface area contributed by atoms with Gasteiger partial charge in [0.05, 0.1) is 17.1 Å². The summed E-state index contributed by atoms with van der Waals surface area (Å²) in [6.07, 6.45) is 1.83. The second kappa shape index (κ2) is 6.93. The summed E-state index contributed by atoms with van der Waals surface area (Å²) < 4.78 is 1.99. The largest absolute Gasteiger partial charge is 0.369 e. The van der Waals surface area contributed by atoms with Gasteiger partial charge in [0.1, 0.15) is 0 Å². The zero-order valence-corrected chi connectivity index (χ0v) is 14.5. The van der Waals surface area contributed by atoms with Crippen molar-refractivity contribution in [2.75, 3.05) is 0 Å². The van der Waals surface area contributed by atoms with Crippen molar-refractivity contribution in [3.63, 3.8) is 0 Å². The van der Waals surface area contributed by atoms with Crippen LogP contribution in [0.25, 0.3) is 22.4 Å². The molecule has 1 amide bonds. The van der Waals surface area contributed by atoms with Gasteiger partial charge in [-0.05, 0) is 23.6 Å². The number of amides is 1. The van der Waals surface area contributed by atoms with E-state index in [9.17, 15) is 4.79 Å². The van der Waals surface area contributed by atoms with Gasteiger partial charge in [0.25, 0.3) is 0 Å². The van der Waals surface area contributed by atoms with Crippen molar-refractivity contribution in [3.05, 3.63) is 60.8 Å². The lowest BCUT2D eigenvalue weighted by molar-refractivity contribution is -0.117. The van der Waals surface area contributed by atoms with Gasteiger partial charge in [-0.3, -0.25) is 4.79 Å². The molecule has 1 aromatic heterocycles. The predicted molar refractivity (Wildman–Crippen MR) is 98.6 cm³/mol. The molecule has 1 unspecified atom stereocenters. The lowest BCUT2D eigenvalue weighted by atomic mass is 10.0. The molecule has 0 aliphatic carbocycles. The Labute approximate surface area is 145 Å². The smallest absolute Gasteiger partial charge is 0.230 e. The van der Waals surface area contributed by atoms with Gasteiger partial charge in [-0.2, -0.15) is 0 Å². The van der Waals surface area contributed by atoms with Crippen LogP contribution in [0.3, 0.4) is 0 Å². The van der Waals surface area contributed by atoms with Crippen LogP contribution in [0.5, 0.6) is 0 Å². The first-order valence-corrected chi connectivity index (χ1v) is 8.58. The van der Waals surface area contributed by atoms with Crippen LogP contribution in [0, 0.1) is 0 Å². The lowest BCUT2D eigenvalue weighted by Gasteiger charge is -2.09. The van der Waals surface area contributed by atoms with Gasteiger partial charge >= 0.3 is 0 Å². The third-order valence-corrected chi connectivity index (χ3v) is 5.09. The van der Waals surface area contributed by atoms with Crippen LogP contribution in [0.4, 0.5) is 0 Å². The monoisotopic (exact) mass is 337 g/mol. The van der Waals surface area contributed by atoms with E-state index in [0.29, 0.717) is 0 Å². The van der Waals surface area contributed by atoms with Crippen molar-refractivity contribution in [3.8, 4) is 22.4 Å². The second-order valence-corrected chi connectivity index (χ2v) is 6.90. The number of aromatic nitrogens is 2. The van der Waals surface area contributed by atoms with E-state index >= 15 is 0 Å². The minimum atomic E-state index is -0.336. The first kappa shape index (κ1) is 16.3. The van der Waals surface area contributed by atoms with Gasteiger partial charge < -0.3 is 10.3 Å². The Balaban J connectivity index is 1.85. The molecule has 0 bridgehead atoms. The van der Waals surface area contributed by atoms with Gasteiger partial charge in [0.2, 0.25) is 5.91 Å². The number of nitrogens with two attached hydrogens (primary N) is 1. The molecule has 122 valence electrons. The third kappa shape index (κ3) is 3.36. The Morgan fingerprint density at radius 3 is 2.25 bits per heavy atom. The quantitative estimate of drug-likeness (QED) is 0.722. The number of carbonyl (C=O) groups is 1. The molecule has 2 N–H and O–H groups in total. The zero-order valence-electron chi connectivity index (χ0n) is 13.6. The first-order chi connectivity index (χ1) is 11.6. The average Bonchev–Trinajstić information content (AvgIpc) is 2.96. The first-order valence-electron chi connectivity index (χ1n) is 7.70. The fourth-order valence-electron chi connectivity index (χ4n) is 2.45. The van der Waals surface area contributed by atoms with E-state index in [1.807, 2.05) is 36.0 Å². The maximum absolute atomic E-state index is 11.2. The molecule has 1 heterocycles. The summed E-state index contributed by atoms with van der Waals surface area (Å²) in [7, 11) is 1.95. The molecule has 3 rings (SSSR count). The number of carbonyl (C=O) groups excluding carboxylic acids is 1. The number of rotatable bonds is 5. The Morgan fingerprint density at radius 2 is 1.62 bits per heavy atom.